The molecule has 1 aliphatic carbocycles. The lowest BCUT2D eigenvalue weighted by Crippen LogP contribution is -2.25. The van der Waals surface area contributed by atoms with Gasteiger partial charge in [-0.2, -0.15) is 0 Å². The van der Waals surface area contributed by atoms with E-state index in [1.807, 2.05) is 0 Å². The first-order chi connectivity index (χ1) is 5.61. The first-order valence-corrected chi connectivity index (χ1v) is 5.01. The average Bonchev–Trinajstić information content (AvgIpc) is 2.30. The molecule has 12 heavy (non-hydrogen) atoms. The Bertz CT molecular complexity index is 162. The van der Waals surface area contributed by atoms with Gasteiger partial charge in [-0.15, -0.1) is 6.58 Å². The molecule has 1 nitrogen and oxygen atoms in total. The third kappa shape index (κ3) is 2.34. The summed E-state index contributed by atoms with van der Waals surface area (Å²) in [6.45, 7) is 8.33. The first kappa shape index (κ1) is 9.79. The van der Waals surface area contributed by atoms with E-state index in [1.54, 1.807) is 0 Å². The molecule has 0 radical (unpaired) electrons. The van der Waals surface area contributed by atoms with Crippen LogP contribution in [0.5, 0.6) is 0 Å². The highest BCUT2D eigenvalue weighted by atomic mass is 14.7. The normalized spacial score (nSPS) is 35.4. The Morgan fingerprint density at radius 3 is 2.58 bits per heavy atom. The second kappa shape index (κ2) is 4.08. The van der Waals surface area contributed by atoms with E-state index in [0.29, 0.717) is 6.04 Å². The molecule has 0 saturated heterocycles. The number of rotatable bonds is 3. The van der Waals surface area contributed by atoms with Gasteiger partial charge in [0.2, 0.25) is 0 Å². The van der Waals surface area contributed by atoms with Crippen molar-refractivity contribution in [3.63, 3.8) is 0 Å². The van der Waals surface area contributed by atoms with Gasteiger partial charge in [-0.25, -0.2) is 0 Å². The summed E-state index contributed by atoms with van der Waals surface area (Å²) in [6.07, 6.45) is 5.03. The Balaban J connectivity index is 2.29. The molecule has 0 aromatic rings. The Kier molecular flexibility index (Phi) is 3.33. The maximum absolute atomic E-state index is 5.95. The second-order valence-electron chi connectivity index (χ2n) is 4.36. The van der Waals surface area contributed by atoms with Gasteiger partial charge in [-0.3, -0.25) is 0 Å². The molecule has 0 spiro atoms. The highest BCUT2D eigenvalue weighted by Crippen LogP contribution is 2.34. The van der Waals surface area contributed by atoms with Crippen molar-refractivity contribution in [3.8, 4) is 0 Å². The summed E-state index contributed by atoms with van der Waals surface area (Å²) in [4.78, 5) is 0. The van der Waals surface area contributed by atoms with Crippen LogP contribution in [0, 0.1) is 11.8 Å². The predicted molar refractivity (Wildman–Crippen MR) is 53.9 cm³/mol. The minimum atomic E-state index is 0.458. The number of hydrogen-bond acceptors (Lipinski definition) is 1. The van der Waals surface area contributed by atoms with E-state index in [9.17, 15) is 0 Å². The number of allylic oxidation sites excluding steroid dienone is 1. The van der Waals surface area contributed by atoms with Gasteiger partial charge in [0, 0.05) is 6.04 Å². The molecule has 0 amide bonds. The summed E-state index contributed by atoms with van der Waals surface area (Å²) in [5.74, 6) is 1.58. The highest BCUT2D eigenvalue weighted by Gasteiger charge is 2.29. The zero-order valence-electron chi connectivity index (χ0n) is 8.34. The minimum absolute atomic E-state index is 0.458. The molecule has 1 heteroatoms. The van der Waals surface area contributed by atoms with E-state index in [2.05, 4.69) is 20.4 Å². The zero-order chi connectivity index (χ0) is 9.14. The van der Waals surface area contributed by atoms with E-state index in [0.717, 1.165) is 11.8 Å². The van der Waals surface area contributed by atoms with E-state index in [-0.39, 0.29) is 0 Å². The fraction of sp³-hybridized carbons (Fsp3) is 0.818. The summed E-state index contributed by atoms with van der Waals surface area (Å²) in [7, 11) is 0. The zero-order valence-corrected chi connectivity index (χ0v) is 8.34. The van der Waals surface area contributed by atoms with E-state index >= 15 is 0 Å². The molecule has 3 atom stereocenters. The molecule has 1 rings (SSSR count). The van der Waals surface area contributed by atoms with E-state index in [1.165, 1.54) is 31.3 Å². The summed E-state index contributed by atoms with van der Waals surface area (Å²) >= 11 is 0. The number of hydrogen-bond donors (Lipinski definition) is 1. The van der Waals surface area contributed by atoms with Crippen molar-refractivity contribution in [2.75, 3.05) is 0 Å². The van der Waals surface area contributed by atoms with Gasteiger partial charge < -0.3 is 5.73 Å². The van der Waals surface area contributed by atoms with Crippen LogP contribution in [0.3, 0.4) is 0 Å². The molecule has 0 heterocycles. The largest absolute Gasteiger partial charge is 0.327 e. The van der Waals surface area contributed by atoms with Crippen LogP contribution in [0.15, 0.2) is 12.2 Å². The van der Waals surface area contributed by atoms with Crippen molar-refractivity contribution < 1.29 is 0 Å². The molecule has 3 unspecified atom stereocenters. The Morgan fingerprint density at radius 2 is 2.17 bits per heavy atom. The average molecular weight is 167 g/mol. The standard InChI is InChI=1S/C11H21N/c1-8(2)4-5-10-6-7-11(12)9(10)3/h9-11H,1,4-7,12H2,2-3H3. The maximum atomic E-state index is 5.95. The Hall–Kier alpha value is -0.300. The third-order valence-electron chi connectivity index (χ3n) is 3.23. The van der Waals surface area contributed by atoms with Crippen LogP contribution in [0.1, 0.15) is 39.5 Å². The minimum Gasteiger partial charge on any atom is -0.327 e. The van der Waals surface area contributed by atoms with Crippen LogP contribution >= 0.6 is 0 Å². The molecule has 0 aromatic carbocycles. The molecule has 1 fully saturated rings. The lowest BCUT2D eigenvalue weighted by atomic mass is 9.90. The van der Waals surface area contributed by atoms with Gasteiger partial charge in [0.05, 0.1) is 0 Å². The molecular weight excluding hydrogens is 146 g/mol. The molecule has 0 aromatic heterocycles. The van der Waals surface area contributed by atoms with Crippen LogP contribution in [-0.4, -0.2) is 6.04 Å². The van der Waals surface area contributed by atoms with E-state index in [4.69, 9.17) is 5.73 Å². The number of nitrogens with two attached hydrogens (primary N) is 1. The molecule has 0 aliphatic heterocycles. The molecule has 0 bridgehead atoms. The summed E-state index contributed by atoms with van der Waals surface area (Å²) < 4.78 is 0. The lowest BCUT2D eigenvalue weighted by molar-refractivity contribution is 0.370. The molecular formula is C11H21N. The van der Waals surface area contributed by atoms with Crippen LogP contribution in [0.25, 0.3) is 0 Å². The predicted octanol–water partition coefficient (Wildman–Crippen LogP) is 2.72. The van der Waals surface area contributed by atoms with E-state index < -0.39 is 0 Å². The van der Waals surface area contributed by atoms with Crippen LogP contribution in [0.4, 0.5) is 0 Å². The molecule has 1 aliphatic rings. The van der Waals surface area contributed by atoms with Gasteiger partial charge in [0.1, 0.15) is 0 Å². The van der Waals surface area contributed by atoms with Crippen molar-refractivity contribution in [2.24, 2.45) is 17.6 Å². The molecule has 70 valence electrons. The fourth-order valence-electron chi connectivity index (χ4n) is 2.12. The SMILES string of the molecule is C=C(C)CCC1CCC(N)C1C. The van der Waals surface area contributed by atoms with Crippen molar-refractivity contribution in [1.82, 2.24) is 0 Å². The molecule has 1 saturated carbocycles. The molecule has 2 N–H and O–H groups in total. The van der Waals surface area contributed by atoms with Crippen LogP contribution in [0.2, 0.25) is 0 Å². The summed E-state index contributed by atoms with van der Waals surface area (Å²) in [5, 5.41) is 0. The third-order valence-corrected chi connectivity index (χ3v) is 3.23. The Labute approximate surface area is 76.0 Å². The lowest BCUT2D eigenvalue weighted by Gasteiger charge is -2.17. The maximum Gasteiger partial charge on any atom is 0.00672 e. The Morgan fingerprint density at radius 1 is 1.50 bits per heavy atom. The smallest absolute Gasteiger partial charge is 0.00672 e. The highest BCUT2D eigenvalue weighted by molar-refractivity contribution is 4.91. The van der Waals surface area contributed by atoms with Crippen molar-refractivity contribution in [3.05, 3.63) is 12.2 Å². The first-order valence-electron chi connectivity index (χ1n) is 5.01. The van der Waals surface area contributed by atoms with Crippen molar-refractivity contribution in [1.29, 1.82) is 0 Å². The summed E-state index contributed by atoms with van der Waals surface area (Å²) in [5.41, 5.74) is 7.26. The van der Waals surface area contributed by atoms with Gasteiger partial charge in [0.25, 0.3) is 0 Å². The van der Waals surface area contributed by atoms with Gasteiger partial charge >= 0.3 is 0 Å². The fourth-order valence-corrected chi connectivity index (χ4v) is 2.12. The van der Waals surface area contributed by atoms with Gasteiger partial charge in [-0.05, 0) is 44.4 Å². The van der Waals surface area contributed by atoms with Crippen LogP contribution in [-0.2, 0) is 0 Å². The topological polar surface area (TPSA) is 26.0 Å². The van der Waals surface area contributed by atoms with Crippen LogP contribution < -0.4 is 5.73 Å². The van der Waals surface area contributed by atoms with Crippen molar-refractivity contribution in [2.45, 2.75) is 45.6 Å². The van der Waals surface area contributed by atoms with Crippen molar-refractivity contribution >= 4 is 0 Å². The summed E-state index contributed by atoms with van der Waals surface area (Å²) in [6, 6.07) is 0.458. The second-order valence-corrected chi connectivity index (χ2v) is 4.36. The van der Waals surface area contributed by atoms with Gasteiger partial charge in [-0.1, -0.05) is 12.5 Å². The van der Waals surface area contributed by atoms with Gasteiger partial charge in [0.15, 0.2) is 0 Å². The quantitative estimate of drug-likeness (QED) is 0.643. The monoisotopic (exact) mass is 167 g/mol.